The normalized spacial score (nSPS) is 25.9. The van der Waals surface area contributed by atoms with Crippen LogP contribution in [0.3, 0.4) is 0 Å². The summed E-state index contributed by atoms with van der Waals surface area (Å²) in [5.41, 5.74) is 0. The van der Waals surface area contributed by atoms with Crippen LogP contribution in [-0.4, -0.2) is 61.0 Å². The fraction of sp³-hybridized carbons (Fsp3) is 0.769. The van der Waals surface area contributed by atoms with Crippen LogP contribution in [0.25, 0.3) is 0 Å². The van der Waals surface area contributed by atoms with E-state index in [4.69, 9.17) is 4.74 Å². The molecule has 0 bridgehead atoms. The number of nitrogens with one attached hydrogen (secondary N) is 1. The van der Waals surface area contributed by atoms with E-state index in [1.165, 1.54) is 17.1 Å². The topological polar surface area (TPSA) is 76.5 Å². The molecule has 1 aliphatic heterocycles. The van der Waals surface area contributed by atoms with Crippen molar-refractivity contribution in [2.75, 3.05) is 19.6 Å². The van der Waals surface area contributed by atoms with Crippen LogP contribution in [0, 0.1) is 0 Å². The first-order valence-electron chi connectivity index (χ1n) is 7.15. The van der Waals surface area contributed by atoms with E-state index in [9.17, 15) is 8.42 Å². The first kappa shape index (κ1) is 16.4. The summed E-state index contributed by atoms with van der Waals surface area (Å²) in [4.78, 5) is 2.45. The van der Waals surface area contributed by atoms with E-state index in [0.29, 0.717) is 6.54 Å². The molecular formula is C13H24N4O3S. The summed E-state index contributed by atoms with van der Waals surface area (Å²) in [5.74, 6) is 0. The molecule has 0 unspecified atom stereocenters. The fourth-order valence-corrected chi connectivity index (χ4v) is 3.66. The number of rotatable bonds is 5. The van der Waals surface area contributed by atoms with Crippen LogP contribution in [0.2, 0.25) is 0 Å². The number of nitrogens with zero attached hydrogens (tertiary/aromatic N) is 3. The predicted octanol–water partition coefficient (Wildman–Crippen LogP) is 0.196. The highest BCUT2D eigenvalue weighted by molar-refractivity contribution is 7.89. The number of sulfonamides is 1. The van der Waals surface area contributed by atoms with E-state index in [1.54, 1.807) is 7.05 Å². The van der Waals surface area contributed by atoms with Gasteiger partial charge in [-0.1, -0.05) is 0 Å². The third kappa shape index (κ3) is 4.26. The minimum Gasteiger partial charge on any atom is -0.373 e. The van der Waals surface area contributed by atoms with Gasteiger partial charge in [0.15, 0.2) is 0 Å². The van der Waals surface area contributed by atoms with Crippen LogP contribution in [-0.2, 0) is 21.8 Å². The lowest BCUT2D eigenvalue weighted by Gasteiger charge is -2.38. The summed E-state index contributed by atoms with van der Waals surface area (Å²) in [6.45, 7) is 8.11. The molecule has 3 atom stereocenters. The standard InChI is InChI=1S/C13H24N4O3S/c1-10(17-7-11(2)20-12(3)8-17)5-15-21(18,19)13-6-14-16(4)9-13/h6,9-12,15H,5,7-8H2,1-4H3/t10-,11-,12+/m1/s1. The van der Waals surface area contributed by atoms with Gasteiger partial charge in [-0.15, -0.1) is 0 Å². The summed E-state index contributed by atoms with van der Waals surface area (Å²) >= 11 is 0. The van der Waals surface area contributed by atoms with Crippen molar-refractivity contribution in [2.24, 2.45) is 7.05 Å². The molecule has 0 aromatic carbocycles. The summed E-state index contributed by atoms with van der Waals surface area (Å²) in [5, 5.41) is 3.89. The molecular weight excluding hydrogens is 292 g/mol. The molecule has 8 heteroatoms. The van der Waals surface area contributed by atoms with Crippen molar-refractivity contribution >= 4 is 10.0 Å². The SMILES string of the molecule is C[C@@H]1CN([C@H](C)CNS(=O)(=O)c2cnn(C)c2)C[C@H](C)O1. The highest BCUT2D eigenvalue weighted by Gasteiger charge is 2.26. The predicted molar refractivity (Wildman–Crippen MR) is 79.4 cm³/mol. The summed E-state index contributed by atoms with van der Waals surface area (Å²) < 4.78 is 34.1. The average Bonchev–Trinajstić information content (AvgIpc) is 2.82. The van der Waals surface area contributed by atoms with Crippen LogP contribution in [0.1, 0.15) is 20.8 Å². The molecule has 7 nitrogen and oxygen atoms in total. The Morgan fingerprint density at radius 1 is 1.43 bits per heavy atom. The van der Waals surface area contributed by atoms with E-state index in [2.05, 4.69) is 14.7 Å². The van der Waals surface area contributed by atoms with Gasteiger partial charge in [-0.2, -0.15) is 5.10 Å². The van der Waals surface area contributed by atoms with E-state index >= 15 is 0 Å². The number of hydrogen-bond donors (Lipinski definition) is 1. The van der Waals surface area contributed by atoms with Crippen molar-refractivity contribution in [3.8, 4) is 0 Å². The van der Waals surface area contributed by atoms with Crippen LogP contribution >= 0.6 is 0 Å². The van der Waals surface area contributed by atoms with Crippen molar-refractivity contribution in [3.05, 3.63) is 12.4 Å². The van der Waals surface area contributed by atoms with Crippen LogP contribution in [0.5, 0.6) is 0 Å². The number of ether oxygens (including phenoxy) is 1. The van der Waals surface area contributed by atoms with Crippen LogP contribution < -0.4 is 4.72 Å². The molecule has 120 valence electrons. The molecule has 21 heavy (non-hydrogen) atoms. The molecule has 1 N–H and O–H groups in total. The van der Waals surface area contributed by atoms with E-state index in [1.807, 2.05) is 20.8 Å². The smallest absolute Gasteiger partial charge is 0.243 e. The van der Waals surface area contributed by atoms with Crippen molar-refractivity contribution < 1.29 is 13.2 Å². The minimum atomic E-state index is -3.49. The lowest BCUT2D eigenvalue weighted by Crippen LogP contribution is -2.52. The second-order valence-corrected chi connectivity index (χ2v) is 7.53. The highest BCUT2D eigenvalue weighted by atomic mass is 32.2. The third-order valence-electron chi connectivity index (χ3n) is 3.63. The van der Waals surface area contributed by atoms with E-state index < -0.39 is 10.0 Å². The first-order valence-corrected chi connectivity index (χ1v) is 8.64. The van der Waals surface area contributed by atoms with Gasteiger partial charge in [-0.05, 0) is 20.8 Å². The molecule has 0 amide bonds. The van der Waals surface area contributed by atoms with Crippen molar-refractivity contribution in [3.63, 3.8) is 0 Å². The Labute approximate surface area is 126 Å². The van der Waals surface area contributed by atoms with Crippen LogP contribution in [0.15, 0.2) is 17.3 Å². The number of aromatic nitrogens is 2. The quantitative estimate of drug-likeness (QED) is 0.839. The zero-order chi connectivity index (χ0) is 15.6. The third-order valence-corrected chi connectivity index (χ3v) is 5.01. The Morgan fingerprint density at radius 3 is 2.57 bits per heavy atom. The Hall–Kier alpha value is -0.960. The number of aryl methyl sites for hydroxylation is 1. The molecule has 1 fully saturated rings. The van der Waals surface area contributed by atoms with Gasteiger partial charge in [-0.3, -0.25) is 9.58 Å². The molecule has 1 aromatic heterocycles. The maximum Gasteiger partial charge on any atom is 0.243 e. The molecule has 0 spiro atoms. The molecule has 0 saturated carbocycles. The molecule has 1 aromatic rings. The summed E-state index contributed by atoms with van der Waals surface area (Å²) in [6, 6.07) is 0.116. The lowest BCUT2D eigenvalue weighted by atomic mass is 10.2. The van der Waals surface area contributed by atoms with E-state index in [0.717, 1.165) is 13.1 Å². The van der Waals surface area contributed by atoms with Gasteiger partial charge in [-0.25, -0.2) is 13.1 Å². The molecule has 2 rings (SSSR count). The van der Waals surface area contributed by atoms with Gasteiger partial charge in [0.2, 0.25) is 10.0 Å². The Balaban J connectivity index is 1.93. The second-order valence-electron chi connectivity index (χ2n) is 5.76. The largest absolute Gasteiger partial charge is 0.373 e. The Kier molecular flexibility index (Phi) is 5.03. The number of morpholine rings is 1. The fourth-order valence-electron chi connectivity index (χ4n) is 2.56. The van der Waals surface area contributed by atoms with Gasteiger partial charge in [0, 0.05) is 38.9 Å². The van der Waals surface area contributed by atoms with Crippen molar-refractivity contribution in [2.45, 2.75) is 43.9 Å². The Morgan fingerprint density at radius 2 is 2.05 bits per heavy atom. The van der Waals surface area contributed by atoms with Crippen molar-refractivity contribution in [1.82, 2.24) is 19.4 Å². The molecule has 0 radical (unpaired) electrons. The molecule has 0 aliphatic carbocycles. The van der Waals surface area contributed by atoms with E-state index in [-0.39, 0.29) is 23.1 Å². The van der Waals surface area contributed by atoms with Crippen LogP contribution in [0.4, 0.5) is 0 Å². The van der Waals surface area contributed by atoms with Gasteiger partial charge >= 0.3 is 0 Å². The maximum atomic E-state index is 12.2. The zero-order valence-electron chi connectivity index (χ0n) is 13.0. The molecule has 2 heterocycles. The minimum absolute atomic E-state index is 0.116. The summed E-state index contributed by atoms with van der Waals surface area (Å²) in [7, 11) is -1.80. The monoisotopic (exact) mass is 316 g/mol. The number of hydrogen-bond acceptors (Lipinski definition) is 5. The lowest BCUT2D eigenvalue weighted by molar-refractivity contribution is -0.0776. The molecule has 1 saturated heterocycles. The molecule has 1 aliphatic rings. The average molecular weight is 316 g/mol. The summed E-state index contributed by atoms with van der Waals surface area (Å²) in [6.07, 6.45) is 3.19. The van der Waals surface area contributed by atoms with Crippen molar-refractivity contribution in [1.29, 1.82) is 0 Å². The Bertz CT molecular complexity index is 562. The maximum absolute atomic E-state index is 12.2. The highest BCUT2D eigenvalue weighted by Crippen LogP contribution is 2.14. The second kappa shape index (κ2) is 6.43. The van der Waals surface area contributed by atoms with Gasteiger partial charge in [0.25, 0.3) is 0 Å². The van der Waals surface area contributed by atoms with Gasteiger partial charge in [0.1, 0.15) is 4.90 Å². The zero-order valence-corrected chi connectivity index (χ0v) is 13.8. The van der Waals surface area contributed by atoms with Gasteiger partial charge < -0.3 is 4.74 Å². The first-order chi connectivity index (χ1) is 9.78. The van der Waals surface area contributed by atoms with Gasteiger partial charge in [0.05, 0.1) is 18.4 Å².